The van der Waals surface area contributed by atoms with Crippen molar-refractivity contribution in [3.63, 3.8) is 0 Å². The normalized spacial score (nSPS) is 18.0. The molecule has 86 valence electrons. The van der Waals surface area contributed by atoms with Crippen molar-refractivity contribution in [3.8, 4) is 0 Å². The molecule has 3 nitrogen and oxygen atoms in total. The van der Waals surface area contributed by atoms with Gasteiger partial charge in [-0.3, -0.25) is 4.79 Å². The monoisotopic (exact) mass is 222 g/mol. The van der Waals surface area contributed by atoms with Crippen LogP contribution in [0.1, 0.15) is 5.56 Å². The maximum Gasteiger partial charge on any atom is 0.240 e. The molecule has 16 heavy (non-hydrogen) atoms. The van der Waals surface area contributed by atoms with Gasteiger partial charge >= 0.3 is 0 Å². The van der Waals surface area contributed by atoms with Crippen molar-refractivity contribution < 1.29 is 9.18 Å². The summed E-state index contributed by atoms with van der Waals surface area (Å²) in [6.45, 7) is 0.392. The van der Waals surface area contributed by atoms with Gasteiger partial charge in [0.2, 0.25) is 5.91 Å². The maximum atomic E-state index is 12.6. The zero-order valence-electron chi connectivity index (χ0n) is 8.97. The average molecular weight is 222 g/mol. The second-order valence-electron chi connectivity index (χ2n) is 4.14. The molecule has 2 rings (SSSR count). The van der Waals surface area contributed by atoms with Crippen molar-refractivity contribution in [1.82, 2.24) is 4.90 Å². The van der Waals surface area contributed by atoms with Gasteiger partial charge in [0.25, 0.3) is 0 Å². The van der Waals surface area contributed by atoms with Gasteiger partial charge in [0.05, 0.1) is 19.1 Å². The molecule has 0 bridgehead atoms. The number of likely N-dealkylation sites (tertiary alicyclic amines) is 1. The van der Waals surface area contributed by atoms with Crippen molar-refractivity contribution in [2.75, 3.05) is 13.1 Å². The number of carbonyl (C=O) groups is 1. The minimum atomic E-state index is -0.868. The van der Waals surface area contributed by atoms with Crippen molar-refractivity contribution in [3.05, 3.63) is 35.9 Å². The number of amides is 1. The van der Waals surface area contributed by atoms with E-state index in [1.807, 2.05) is 30.3 Å². The van der Waals surface area contributed by atoms with Gasteiger partial charge in [-0.2, -0.15) is 0 Å². The quantitative estimate of drug-likeness (QED) is 0.819. The molecule has 1 aliphatic heterocycles. The summed E-state index contributed by atoms with van der Waals surface area (Å²) in [6.07, 6.45) is -0.361. The first-order valence-corrected chi connectivity index (χ1v) is 5.39. The van der Waals surface area contributed by atoms with Crippen LogP contribution in [0.2, 0.25) is 0 Å². The Kier molecular flexibility index (Phi) is 3.19. The second kappa shape index (κ2) is 4.61. The van der Waals surface area contributed by atoms with Crippen LogP contribution >= 0.6 is 0 Å². The van der Waals surface area contributed by atoms with Crippen LogP contribution < -0.4 is 5.73 Å². The highest BCUT2D eigenvalue weighted by Crippen LogP contribution is 2.13. The lowest BCUT2D eigenvalue weighted by Crippen LogP contribution is -2.56. The molecule has 4 heteroatoms. The number of rotatable bonds is 3. The summed E-state index contributed by atoms with van der Waals surface area (Å²) in [7, 11) is 0. The van der Waals surface area contributed by atoms with Crippen LogP contribution in [0.25, 0.3) is 0 Å². The predicted octanol–water partition coefficient (Wildman–Crippen LogP) is 0.737. The van der Waals surface area contributed by atoms with Gasteiger partial charge in [-0.15, -0.1) is 0 Å². The fraction of sp³-hybridized carbons (Fsp3) is 0.417. The van der Waals surface area contributed by atoms with E-state index in [1.165, 1.54) is 4.90 Å². The van der Waals surface area contributed by atoms with E-state index in [2.05, 4.69) is 0 Å². The molecule has 1 amide bonds. The molecule has 1 saturated heterocycles. The fourth-order valence-corrected chi connectivity index (χ4v) is 1.79. The highest BCUT2D eigenvalue weighted by molar-refractivity contribution is 5.82. The van der Waals surface area contributed by atoms with Crippen LogP contribution in [0.15, 0.2) is 30.3 Å². The van der Waals surface area contributed by atoms with Gasteiger partial charge in [-0.05, 0) is 12.0 Å². The Bertz CT molecular complexity index is 363. The van der Waals surface area contributed by atoms with Gasteiger partial charge in [-0.25, -0.2) is 4.39 Å². The van der Waals surface area contributed by atoms with Crippen molar-refractivity contribution in [2.45, 2.75) is 18.6 Å². The standard InChI is InChI=1S/C12H15FN2O/c13-10-7-15(8-10)12(16)11(14)6-9-4-2-1-3-5-9/h1-5,10-11H,6-8,14H2/t11-/m0/s1. The molecule has 0 spiro atoms. The zero-order chi connectivity index (χ0) is 11.5. The molecule has 2 N–H and O–H groups in total. The van der Waals surface area contributed by atoms with Gasteiger partial charge < -0.3 is 10.6 Å². The minimum absolute atomic E-state index is 0.155. The molecule has 0 unspecified atom stereocenters. The number of nitrogens with two attached hydrogens (primary N) is 1. The van der Waals surface area contributed by atoms with Crippen LogP contribution in [0.4, 0.5) is 4.39 Å². The average Bonchev–Trinajstić information content (AvgIpc) is 2.25. The zero-order valence-corrected chi connectivity index (χ0v) is 8.97. The van der Waals surface area contributed by atoms with Crippen LogP contribution in [-0.4, -0.2) is 36.1 Å². The first-order valence-electron chi connectivity index (χ1n) is 5.39. The summed E-state index contributed by atoms with van der Waals surface area (Å²) in [4.78, 5) is 13.2. The number of hydrogen-bond donors (Lipinski definition) is 1. The Hall–Kier alpha value is -1.42. The van der Waals surface area contributed by atoms with E-state index in [4.69, 9.17) is 5.73 Å². The molecular formula is C12H15FN2O. The van der Waals surface area contributed by atoms with Gasteiger partial charge in [-0.1, -0.05) is 30.3 Å². The van der Waals surface area contributed by atoms with Gasteiger partial charge in [0, 0.05) is 0 Å². The van der Waals surface area contributed by atoms with E-state index >= 15 is 0 Å². The van der Waals surface area contributed by atoms with Crippen LogP contribution in [0, 0.1) is 0 Å². The molecule has 0 saturated carbocycles. The third-order valence-electron chi connectivity index (χ3n) is 2.76. The molecule has 1 aliphatic rings. The Morgan fingerprint density at radius 2 is 2.06 bits per heavy atom. The van der Waals surface area contributed by atoms with Crippen LogP contribution in [-0.2, 0) is 11.2 Å². The highest BCUT2D eigenvalue weighted by atomic mass is 19.1. The molecule has 0 radical (unpaired) electrons. The minimum Gasteiger partial charge on any atom is -0.335 e. The number of alkyl halides is 1. The first kappa shape index (κ1) is 11.1. The van der Waals surface area contributed by atoms with Crippen molar-refractivity contribution in [1.29, 1.82) is 0 Å². The third kappa shape index (κ3) is 2.39. The summed E-state index contributed by atoms with van der Waals surface area (Å²) in [5.74, 6) is -0.155. The molecule has 0 aromatic heterocycles. The second-order valence-corrected chi connectivity index (χ2v) is 4.14. The molecule has 1 atom stereocenters. The van der Waals surface area contributed by atoms with E-state index in [0.717, 1.165) is 5.56 Å². The molecule has 1 heterocycles. The van der Waals surface area contributed by atoms with Crippen LogP contribution in [0.3, 0.4) is 0 Å². The summed E-state index contributed by atoms with van der Waals surface area (Å²) in [6, 6.07) is 9.04. The Balaban J connectivity index is 1.88. The number of nitrogens with zero attached hydrogens (tertiary/aromatic N) is 1. The first-order chi connectivity index (χ1) is 7.66. The topological polar surface area (TPSA) is 46.3 Å². The summed E-state index contributed by atoms with van der Waals surface area (Å²) in [5.41, 5.74) is 6.82. The van der Waals surface area contributed by atoms with E-state index in [-0.39, 0.29) is 19.0 Å². The molecule has 0 aliphatic carbocycles. The number of carbonyl (C=O) groups excluding carboxylic acids is 1. The highest BCUT2D eigenvalue weighted by Gasteiger charge is 2.32. The maximum absolute atomic E-state index is 12.6. The van der Waals surface area contributed by atoms with E-state index in [0.29, 0.717) is 6.42 Å². The number of hydrogen-bond acceptors (Lipinski definition) is 2. The van der Waals surface area contributed by atoms with E-state index < -0.39 is 12.2 Å². The predicted molar refractivity (Wildman–Crippen MR) is 59.6 cm³/mol. The lowest BCUT2D eigenvalue weighted by Gasteiger charge is -2.36. The number of benzene rings is 1. The van der Waals surface area contributed by atoms with Crippen LogP contribution in [0.5, 0.6) is 0 Å². The van der Waals surface area contributed by atoms with E-state index in [9.17, 15) is 9.18 Å². The molecule has 1 fully saturated rings. The Morgan fingerprint density at radius 3 is 2.62 bits per heavy atom. The summed E-state index contributed by atoms with van der Waals surface area (Å²) >= 11 is 0. The third-order valence-corrected chi connectivity index (χ3v) is 2.76. The fourth-order valence-electron chi connectivity index (χ4n) is 1.79. The molecule has 1 aromatic carbocycles. The van der Waals surface area contributed by atoms with Gasteiger partial charge in [0.15, 0.2) is 0 Å². The lowest BCUT2D eigenvalue weighted by atomic mass is 10.0. The SMILES string of the molecule is N[C@@H](Cc1ccccc1)C(=O)N1CC(F)C1. The molecular weight excluding hydrogens is 207 g/mol. The lowest BCUT2D eigenvalue weighted by molar-refractivity contribution is -0.139. The van der Waals surface area contributed by atoms with Crippen molar-refractivity contribution in [2.24, 2.45) is 5.73 Å². The Morgan fingerprint density at radius 1 is 1.44 bits per heavy atom. The number of halogens is 1. The van der Waals surface area contributed by atoms with E-state index in [1.54, 1.807) is 0 Å². The summed E-state index contributed by atoms with van der Waals surface area (Å²) < 4.78 is 12.6. The molecule has 1 aromatic rings. The Labute approximate surface area is 94.0 Å². The smallest absolute Gasteiger partial charge is 0.240 e. The van der Waals surface area contributed by atoms with Gasteiger partial charge in [0.1, 0.15) is 6.17 Å². The van der Waals surface area contributed by atoms with Crippen molar-refractivity contribution >= 4 is 5.91 Å². The largest absolute Gasteiger partial charge is 0.335 e. The summed E-state index contributed by atoms with van der Waals surface area (Å²) in [5, 5.41) is 0.